The van der Waals surface area contributed by atoms with Gasteiger partial charge in [0.25, 0.3) is 0 Å². The summed E-state index contributed by atoms with van der Waals surface area (Å²) in [5.74, 6) is 0. The first-order chi connectivity index (χ1) is 9.86. The van der Waals surface area contributed by atoms with E-state index >= 15 is 0 Å². The van der Waals surface area contributed by atoms with Crippen LogP contribution < -0.4 is 0 Å². The highest BCUT2D eigenvalue weighted by molar-refractivity contribution is 7.71. The molecule has 0 saturated carbocycles. The zero-order valence-corrected chi connectivity index (χ0v) is 11.7. The van der Waals surface area contributed by atoms with Gasteiger partial charge in [0.05, 0.1) is 11.1 Å². The lowest BCUT2D eigenvalue weighted by Gasteiger charge is -2.08. The van der Waals surface area contributed by atoms with Crippen LogP contribution in [0.4, 0.5) is 13.2 Å². The zero-order valence-electron chi connectivity index (χ0n) is 10.9. The van der Waals surface area contributed by atoms with Crippen molar-refractivity contribution in [2.24, 2.45) is 0 Å². The molecule has 3 rings (SSSR count). The normalized spacial score (nSPS) is 12.0. The van der Waals surface area contributed by atoms with Gasteiger partial charge in [-0.25, -0.2) is 4.98 Å². The molecule has 3 aromatic rings. The van der Waals surface area contributed by atoms with E-state index in [4.69, 9.17) is 12.2 Å². The number of halogens is 3. The third-order valence-corrected chi connectivity index (χ3v) is 3.41. The van der Waals surface area contributed by atoms with E-state index in [-0.39, 0.29) is 0 Å². The summed E-state index contributed by atoms with van der Waals surface area (Å²) in [6.45, 7) is 1.84. The number of pyridine rings is 1. The third kappa shape index (κ3) is 2.44. The lowest BCUT2D eigenvalue weighted by Crippen LogP contribution is -2.05. The number of aryl methyl sites for hydroxylation is 1. The lowest BCUT2D eigenvalue weighted by atomic mass is 10.2. The van der Waals surface area contributed by atoms with Crippen LogP contribution in [0.15, 0.2) is 36.4 Å². The molecule has 0 radical (unpaired) electrons. The molecule has 0 aliphatic rings. The number of hydrogen-bond acceptors (Lipinski definition) is 2. The molecule has 7 heteroatoms. The lowest BCUT2D eigenvalue weighted by molar-refractivity contribution is -0.137. The number of fused-ring (bicyclic) bond motifs is 1. The van der Waals surface area contributed by atoms with E-state index in [0.717, 1.165) is 23.3 Å². The maximum absolute atomic E-state index is 12.6. The van der Waals surface area contributed by atoms with E-state index in [0.29, 0.717) is 16.1 Å². The minimum Gasteiger partial charge on any atom is -0.329 e. The fourth-order valence-electron chi connectivity index (χ4n) is 2.12. The number of aromatic nitrogens is 3. The van der Waals surface area contributed by atoms with E-state index in [2.05, 4.69) is 9.97 Å². The first kappa shape index (κ1) is 13.8. The van der Waals surface area contributed by atoms with E-state index in [1.54, 1.807) is 4.57 Å². The third-order valence-electron chi connectivity index (χ3n) is 3.12. The Kier molecular flexibility index (Phi) is 3.09. The Labute approximate surface area is 123 Å². The maximum Gasteiger partial charge on any atom is 0.416 e. The molecule has 21 heavy (non-hydrogen) atoms. The molecule has 0 atom stereocenters. The summed E-state index contributed by atoms with van der Waals surface area (Å²) in [5.41, 5.74) is 1.99. The van der Waals surface area contributed by atoms with Crippen molar-refractivity contribution in [1.82, 2.24) is 14.5 Å². The number of hydrogen-bond donors (Lipinski definition) is 1. The van der Waals surface area contributed by atoms with Gasteiger partial charge in [-0.15, -0.1) is 0 Å². The molecule has 0 amide bonds. The molecule has 108 valence electrons. The topological polar surface area (TPSA) is 33.6 Å². The van der Waals surface area contributed by atoms with Crippen LogP contribution in [0.2, 0.25) is 0 Å². The highest BCUT2D eigenvalue weighted by atomic mass is 32.1. The molecular formula is C14H10F3N3S. The van der Waals surface area contributed by atoms with E-state index in [1.807, 2.05) is 19.1 Å². The van der Waals surface area contributed by atoms with E-state index < -0.39 is 11.7 Å². The summed E-state index contributed by atoms with van der Waals surface area (Å²) in [5, 5.41) is 0. The second-order valence-electron chi connectivity index (χ2n) is 4.63. The van der Waals surface area contributed by atoms with Crippen LogP contribution >= 0.6 is 12.2 Å². The molecule has 0 spiro atoms. The standard InChI is InChI=1S/C14H10F3N3S/c1-8-2-7-11-12(18-8)20(13(21)19-11)10-5-3-9(4-6-10)14(15,16)17/h2-7H,1H3,(H,19,21). The molecule has 0 aliphatic heterocycles. The first-order valence-corrected chi connectivity index (χ1v) is 6.53. The number of aromatic amines is 1. The molecule has 0 saturated heterocycles. The summed E-state index contributed by atoms with van der Waals surface area (Å²) in [6.07, 6.45) is -4.35. The number of imidazole rings is 1. The molecular weight excluding hydrogens is 299 g/mol. The Morgan fingerprint density at radius 1 is 1.10 bits per heavy atom. The van der Waals surface area contributed by atoms with Crippen molar-refractivity contribution in [3.8, 4) is 5.69 Å². The Hall–Kier alpha value is -2.15. The highest BCUT2D eigenvalue weighted by Crippen LogP contribution is 2.30. The summed E-state index contributed by atoms with van der Waals surface area (Å²) >= 11 is 5.23. The first-order valence-electron chi connectivity index (χ1n) is 6.12. The van der Waals surface area contributed by atoms with Crippen molar-refractivity contribution in [2.45, 2.75) is 13.1 Å². The van der Waals surface area contributed by atoms with Crippen molar-refractivity contribution in [3.63, 3.8) is 0 Å². The van der Waals surface area contributed by atoms with Crippen molar-refractivity contribution in [2.75, 3.05) is 0 Å². The Balaban J connectivity index is 2.19. The van der Waals surface area contributed by atoms with Crippen LogP contribution in [0, 0.1) is 11.7 Å². The predicted molar refractivity (Wildman–Crippen MR) is 76.0 cm³/mol. The molecule has 1 aromatic carbocycles. The SMILES string of the molecule is Cc1ccc2[nH]c(=S)n(-c3ccc(C(F)(F)F)cc3)c2n1. The van der Waals surface area contributed by atoms with Gasteiger partial charge in [-0.1, -0.05) is 0 Å². The highest BCUT2D eigenvalue weighted by Gasteiger charge is 2.30. The number of H-pyrrole nitrogens is 1. The smallest absolute Gasteiger partial charge is 0.329 e. The fourth-order valence-corrected chi connectivity index (χ4v) is 2.42. The van der Waals surface area contributed by atoms with Gasteiger partial charge in [-0.2, -0.15) is 13.2 Å². The molecule has 0 bridgehead atoms. The van der Waals surface area contributed by atoms with Crippen LogP contribution in [-0.4, -0.2) is 14.5 Å². The van der Waals surface area contributed by atoms with Crippen LogP contribution in [0.1, 0.15) is 11.3 Å². The zero-order chi connectivity index (χ0) is 15.2. The van der Waals surface area contributed by atoms with Crippen LogP contribution in [-0.2, 0) is 6.18 Å². The van der Waals surface area contributed by atoms with Crippen LogP contribution in [0.3, 0.4) is 0 Å². The second kappa shape index (κ2) is 4.70. The van der Waals surface area contributed by atoms with Crippen molar-refractivity contribution >= 4 is 23.4 Å². The molecule has 0 fully saturated rings. The summed E-state index contributed by atoms with van der Waals surface area (Å²) in [6, 6.07) is 8.52. The van der Waals surface area contributed by atoms with Crippen LogP contribution in [0.5, 0.6) is 0 Å². The average molecular weight is 309 g/mol. The van der Waals surface area contributed by atoms with E-state index in [9.17, 15) is 13.2 Å². The maximum atomic E-state index is 12.6. The summed E-state index contributed by atoms with van der Waals surface area (Å²) < 4.78 is 39.8. The Morgan fingerprint density at radius 2 is 1.76 bits per heavy atom. The van der Waals surface area contributed by atoms with Crippen molar-refractivity contribution in [3.05, 3.63) is 52.4 Å². The van der Waals surface area contributed by atoms with Gasteiger partial charge in [0.2, 0.25) is 0 Å². The minimum atomic E-state index is -4.35. The van der Waals surface area contributed by atoms with Gasteiger partial charge in [0, 0.05) is 11.4 Å². The van der Waals surface area contributed by atoms with Gasteiger partial charge in [0.1, 0.15) is 0 Å². The summed E-state index contributed by atoms with van der Waals surface area (Å²) in [4.78, 5) is 7.38. The average Bonchev–Trinajstić information content (AvgIpc) is 2.73. The van der Waals surface area contributed by atoms with Crippen LogP contribution in [0.25, 0.3) is 16.9 Å². The van der Waals surface area contributed by atoms with Gasteiger partial charge in [-0.3, -0.25) is 4.57 Å². The Morgan fingerprint density at radius 3 is 2.38 bits per heavy atom. The van der Waals surface area contributed by atoms with E-state index in [1.165, 1.54) is 12.1 Å². The molecule has 2 aromatic heterocycles. The molecule has 0 aliphatic carbocycles. The number of benzene rings is 1. The number of nitrogens with one attached hydrogen (secondary N) is 1. The largest absolute Gasteiger partial charge is 0.416 e. The minimum absolute atomic E-state index is 0.392. The second-order valence-corrected chi connectivity index (χ2v) is 5.02. The van der Waals surface area contributed by atoms with Gasteiger partial charge < -0.3 is 4.98 Å². The van der Waals surface area contributed by atoms with Crippen molar-refractivity contribution in [1.29, 1.82) is 0 Å². The fraction of sp³-hybridized carbons (Fsp3) is 0.143. The van der Waals surface area contributed by atoms with Gasteiger partial charge in [-0.05, 0) is 55.5 Å². The van der Waals surface area contributed by atoms with Gasteiger partial charge in [0.15, 0.2) is 10.4 Å². The number of rotatable bonds is 1. The quantitative estimate of drug-likeness (QED) is 0.676. The summed E-state index contributed by atoms with van der Waals surface area (Å²) in [7, 11) is 0. The number of nitrogens with zero attached hydrogens (tertiary/aromatic N) is 2. The monoisotopic (exact) mass is 309 g/mol. The molecule has 1 N–H and O–H groups in total. The molecule has 3 nitrogen and oxygen atoms in total. The van der Waals surface area contributed by atoms with Gasteiger partial charge >= 0.3 is 6.18 Å². The molecule has 2 heterocycles. The Bertz CT molecular complexity index is 860. The number of alkyl halides is 3. The van der Waals surface area contributed by atoms with Crippen molar-refractivity contribution < 1.29 is 13.2 Å². The predicted octanol–water partition coefficient (Wildman–Crippen LogP) is 4.41. The molecule has 0 unspecified atom stereocenters.